The van der Waals surface area contributed by atoms with Crippen molar-refractivity contribution in [2.24, 2.45) is 22.0 Å². The predicted octanol–water partition coefficient (Wildman–Crippen LogP) is 7.22. The van der Waals surface area contributed by atoms with Crippen LogP contribution in [0.2, 0.25) is 0 Å². The van der Waals surface area contributed by atoms with E-state index >= 15 is 0 Å². The quantitative estimate of drug-likeness (QED) is 0.0838. The number of hydrogen-bond donors (Lipinski definition) is 1. The molecular formula is C42H48N6O8. The number of hydrogen-bond acceptors (Lipinski definition) is 11. The van der Waals surface area contributed by atoms with Gasteiger partial charge in [0.2, 0.25) is 11.8 Å². The normalized spacial score (nSPS) is 16.6. The first-order valence-corrected chi connectivity index (χ1v) is 18.3. The van der Waals surface area contributed by atoms with E-state index in [1.54, 1.807) is 52.7 Å². The molecule has 6 rings (SSSR count). The Balaban J connectivity index is 0.000000215. The lowest BCUT2D eigenvalue weighted by Gasteiger charge is -2.29. The van der Waals surface area contributed by atoms with Gasteiger partial charge in [0.15, 0.2) is 23.0 Å². The summed E-state index contributed by atoms with van der Waals surface area (Å²) >= 11 is 0. The SMILES string of the molecule is CCC1CC(=O)N(Cc2ccccc2N)N=C1c1ccc(OC)c(OC)c1.CCC1CC(=O)N(Cc2ccccc2[N+](=O)[O-])N=C1c1ccc(OC)c(OC)c1. The van der Waals surface area contributed by atoms with E-state index in [0.717, 1.165) is 41.0 Å². The fourth-order valence-corrected chi connectivity index (χ4v) is 6.68. The molecule has 0 bridgehead atoms. The first-order valence-electron chi connectivity index (χ1n) is 18.3. The average Bonchev–Trinajstić information content (AvgIpc) is 3.22. The lowest BCUT2D eigenvalue weighted by molar-refractivity contribution is -0.385. The number of carbonyl (C=O) groups excluding carboxylic acids is 2. The Kier molecular flexibility index (Phi) is 13.6. The number of anilines is 1. The first-order chi connectivity index (χ1) is 27.0. The summed E-state index contributed by atoms with van der Waals surface area (Å²) in [6, 6.07) is 25.1. The Morgan fingerprint density at radius 1 is 0.661 bits per heavy atom. The van der Waals surface area contributed by atoms with Crippen LogP contribution in [0.4, 0.5) is 11.4 Å². The molecule has 2 aliphatic heterocycles. The van der Waals surface area contributed by atoms with E-state index in [9.17, 15) is 19.7 Å². The number of nitrogen functional groups attached to an aromatic ring is 1. The molecule has 0 radical (unpaired) electrons. The zero-order valence-electron chi connectivity index (χ0n) is 32.6. The molecule has 2 atom stereocenters. The predicted molar refractivity (Wildman–Crippen MR) is 214 cm³/mol. The summed E-state index contributed by atoms with van der Waals surface area (Å²) in [5.41, 5.74) is 11.4. The van der Waals surface area contributed by atoms with Gasteiger partial charge in [0, 0.05) is 47.6 Å². The monoisotopic (exact) mass is 764 g/mol. The minimum Gasteiger partial charge on any atom is -0.493 e. The summed E-state index contributed by atoms with van der Waals surface area (Å²) in [6.45, 7) is 4.48. The van der Waals surface area contributed by atoms with E-state index in [-0.39, 0.29) is 35.9 Å². The van der Waals surface area contributed by atoms with Crippen LogP contribution in [0.3, 0.4) is 0 Å². The highest BCUT2D eigenvalue weighted by Gasteiger charge is 2.32. The zero-order chi connectivity index (χ0) is 40.4. The maximum absolute atomic E-state index is 12.7. The van der Waals surface area contributed by atoms with Gasteiger partial charge in [-0.3, -0.25) is 19.7 Å². The van der Waals surface area contributed by atoms with Gasteiger partial charge in [0.05, 0.1) is 63.4 Å². The van der Waals surface area contributed by atoms with Crippen molar-refractivity contribution in [2.45, 2.75) is 52.6 Å². The Labute approximate surface area is 326 Å². The molecule has 0 aliphatic carbocycles. The lowest BCUT2D eigenvalue weighted by Crippen LogP contribution is -2.36. The smallest absolute Gasteiger partial charge is 0.274 e. The molecule has 0 spiro atoms. The zero-order valence-corrected chi connectivity index (χ0v) is 32.6. The van der Waals surface area contributed by atoms with Gasteiger partial charge in [0.1, 0.15) is 0 Å². The molecule has 2 heterocycles. The molecule has 14 heteroatoms. The molecule has 56 heavy (non-hydrogen) atoms. The average molecular weight is 765 g/mol. The Morgan fingerprint density at radius 3 is 1.52 bits per heavy atom. The molecule has 2 aliphatic rings. The highest BCUT2D eigenvalue weighted by molar-refractivity contribution is 6.07. The Bertz CT molecular complexity index is 2120. The van der Waals surface area contributed by atoms with Gasteiger partial charge in [-0.15, -0.1) is 0 Å². The highest BCUT2D eigenvalue weighted by Crippen LogP contribution is 2.34. The molecule has 14 nitrogen and oxygen atoms in total. The summed E-state index contributed by atoms with van der Waals surface area (Å²) in [6.07, 6.45) is 2.30. The Hall–Kier alpha value is -6.44. The van der Waals surface area contributed by atoms with Crippen molar-refractivity contribution in [2.75, 3.05) is 34.2 Å². The van der Waals surface area contributed by atoms with Crippen molar-refractivity contribution in [1.82, 2.24) is 10.0 Å². The number of methoxy groups -OCH3 is 4. The molecule has 2 N–H and O–H groups in total. The fraction of sp³-hybridized carbons (Fsp3) is 0.333. The molecule has 4 aromatic carbocycles. The molecule has 0 fully saturated rings. The molecule has 294 valence electrons. The van der Waals surface area contributed by atoms with Crippen LogP contribution >= 0.6 is 0 Å². The van der Waals surface area contributed by atoms with Crippen LogP contribution in [-0.4, -0.2) is 66.6 Å². The number of nitrogens with zero attached hydrogens (tertiary/aromatic N) is 5. The van der Waals surface area contributed by atoms with Crippen molar-refractivity contribution in [1.29, 1.82) is 0 Å². The summed E-state index contributed by atoms with van der Waals surface area (Å²) in [5.74, 6) is 2.37. The number of nitro groups is 1. The van der Waals surface area contributed by atoms with Crippen LogP contribution < -0.4 is 24.7 Å². The Morgan fingerprint density at radius 2 is 1.09 bits per heavy atom. The third-order valence-electron chi connectivity index (χ3n) is 9.88. The van der Waals surface area contributed by atoms with Crippen molar-refractivity contribution in [3.05, 3.63) is 117 Å². The number of nitrogens with two attached hydrogens (primary N) is 1. The second kappa shape index (κ2) is 18.7. The molecule has 2 unspecified atom stereocenters. The standard InChI is InChI=1S/C21H23N3O5.C21H25N3O3/c1-4-14-12-20(25)23(13-16-7-5-6-8-17(16)24(26)27)22-21(14)15-9-10-18(28-2)19(11-15)29-3;1-4-14-12-20(25)24(13-16-7-5-6-8-17(16)22)23-21(14)15-9-10-18(26-2)19(11-15)27-3/h5-11,14H,4,12-13H2,1-3H3;5-11,14H,4,12-13,22H2,1-3H3. The molecule has 0 saturated heterocycles. The molecular weight excluding hydrogens is 716 g/mol. The van der Waals surface area contributed by atoms with Crippen molar-refractivity contribution >= 4 is 34.6 Å². The molecule has 2 amide bonds. The van der Waals surface area contributed by atoms with Crippen LogP contribution in [0.1, 0.15) is 61.8 Å². The summed E-state index contributed by atoms with van der Waals surface area (Å²) < 4.78 is 21.4. The largest absolute Gasteiger partial charge is 0.493 e. The molecule has 4 aromatic rings. The third kappa shape index (κ3) is 9.25. The summed E-state index contributed by atoms with van der Waals surface area (Å²) in [4.78, 5) is 36.1. The van der Waals surface area contributed by atoms with Gasteiger partial charge in [-0.2, -0.15) is 10.2 Å². The number of carbonyl (C=O) groups is 2. The van der Waals surface area contributed by atoms with E-state index in [0.29, 0.717) is 53.6 Å². The van der Waals surface area contributed by atoms with Crippen LogP contribution in [-0.2, 0) is 22.7 Å². The number of nitro benzene ring substituents is 1. The van der Waals surface area contributed by atoms with Crippen LogP contribution in [0.25, 0.3) is 0 Å². The van der Waals surface area contributed by atoms with Gasteiger partial charge in [-0.25, -0.2) is 10.0 Å². The van der Waals surface area contributed by atoms with Crippen LogP contribution in [0.5, 0.6) is 23.0 Å². The van der Waals surface area contributed by atoms with Crippen LogP contribution in [0.15, 0.2) is 95.1 Å². The van der Waals surface area contributed by atoms with Crippen molar-refractivity contribution in [3.63, 3.8) is 0 Å². The van der Waals surface area contributed by atoms with E-state index in [1.165, 1.54) is 16.1 Å². The maximum atomic E-state index is 12.7. The van der Waals surface area contributed by atoms with Crippen molar-refractivity contribution in [3.8, 4) is 23.0 Å². The van der Waals surface area contributed by atoms with Gasteiger partial charge >= 0.3 is 0 Å². The lowest BCUT2D eigenvalue weighted by atomic mass is 9.89. The molecule has 0 aromatic heterocycles. The summed E-state index contributed by atoms with van der Waals surface area (Å²) in [5, 5.41) is 23.4. The number of para-hydroxylation sites is 2. The maximum Gasteiger partial charge on any atom is 0.274 e. The number of benzene rings is 4. The second-order valence-electron chi connectivity index (χ2n) is 13.2. The summed E-state index contributed by atoms with van der Waals surface area (Å²) in [7, 11) is 6.34. The number of amides is 2. The topological polar surface area (TPSA) is 171 Å². The van der Waals surface area contributed by atoms with Gasteiger partial charge in [0.25, 0.3) is 5.69 Å². The number of ether oxygens (including phenoxy) is 4. The van der Waals surface area contributed by atoms with Gasteiger partial charge in [-0.05, 0) is 60.9 Å². The third-order valence-corrected chi connectivity index (χ3v) is 9.88. The number of hydrazone groups is 2. The van der Waals surface area contributed by atoms with E-state index < -0.39 is 4.92 Å². The highest BCUT2D eigenvalue weighted by atomic mass is 16.6. The van der Waals surface area contributed by atoms with E-state index in [1.807, 2.05) is 61.5 Å². The van der Waals surface area contributed by atoms with Crippen molar-refractivity contribution < 1.29 is 33.5 Å². The van der Waals surface area contributed by atoms with Gasteiger partial charge in [-0.1, -0.05) is 50.2 Å². The van der Waals surface area contributed by atoms with E-state index in [2.05, 4.69) is 12.0 Å². The minimum atomic E-state index is -0.447. The first kappa shape index (κ1) is 40.7. The minimum absolute atomic E-state index is 0.00864. The molecule has 0 saturated carbocycles. The fourth-order valence-electron chi connectivity index (χ4n) is 6.68. The van der Waals surface area contributed by atoms with E-state index in [4.69, 9.17) is 29.8 Å². The van der Waals surface area contributed by atoms with Crippen LogP contribution in [0, 0.1) is 22.0 Å². The second-order valence-corrected chi connectivity index (χ2v) is 13.2. The number of rotatable bonds is 13. The van der Waals surface area contributed by atoms with Gasteiger partial charge < -0.3 is 24.7 Å².